The van der Waals surface area contributed by atoms with E-state index in [0.29, 0.717) is 0 Å². The molecule has 0 aliphatic carbocycles. The number of sulfonamides is 1. The first-order valence-electron chi connectivity index (χ1n) is 4.18. The molecule has 7 nitrogen and oxygen atoms in total. The van der Waals surface area contributed by atoms with Crippen molar-refractivity contribution in [3.63, 3.8) is 0 Å². The maximum atomic E-state index is 11.8. The number of halogens is 2. The Bertz CT molecular complexity index is 628. The van der Waals surface area contributed by atoms with Crippen LogP contribution in [0.3, 0.4) is 0 Å². The topological polar surface area (TPSA) is 101 Å². The lowest BCUT2D eigenvalue weighted by atomic mass is 10.6. The van der Waals surface area contributed by atoms with Gasteiger partial charge >= 0.3 is 0 Å². The van der Waals surface area contributed by atoms with Crippen molar-refractivity contribution in [3.8, 4) is 0 Å². The third kappa shape index (κ3) is 2.48. The number of nitrogens with zero attached hydrogens (tertiary/aromatic N) is 3. The van der Waals surface area contributed by atoms with Crippen molar-refractivity contribution in [3.05, 3.63) is 28.9 Å². The van der Waals surface area contributed by atoms with Crippen LogP contribution in [0.2, 0.25) is 10.2 Å². The summed E-state index contributed by atoms with van der Waals surface area (Å²) in [5.41, 5.74) is 0. The maximum absolute atomic E-state index is 11.8. The first kappa shape index (κ1) is 12.1. The van der Waals surface area contributed by atoms with Crippen molar-refractivity contribution in [2.75, 3.05) is 4.72 Å². The van der Waals surface area contributed by atoms with E-state index in [4.69, 9.17) is 23.2 Å². The van der Waals surface area contributed by atoms with Crippen LogP contribution in [0.15, 0.2) is 23.6 Å². The smallest absolute Gasteiger partial charge is 0.266 e. The number of H-pyrrole nitrogens is 1. The molecule has 2 heterocycles. The molecule has 0 spiro atoms. The third-order valence-electron chi connectivity index (χ3n) is 1.76. The van der Waals surface area contributed by atoms with Gasteiger partial charge in [-0.2, -0.15) is 5.10 Å². The largest absolute Gasteiger partial charge is 0.284 e. The van der Waals surface area contributed by atoms with Crippen LogP contribution >= 0.6 is 23.2 Å². The molecule has 10 heteroatoms. The van der Waals surface area contributed by atoms with Gasteiger partial charge in [0.25, 0.3) is 10.0 Å². The van der Waals surface area contributed by atoms with Crippen LogP contribution in [0, 0.1) is 0 Å². The number of hydrogen-bond acceptors (Lipinski definition) is 5. The van der Waals surface area contributed by atoms with Crippen molar-refractivity contribution < 1.29 is 8.42 Å². The van der Waals surface area contributed by atoms with Gasteiger partial charge in [0, 0.05) is 6.20 Å². The van der Waals surface area contributed by atoms with Crippen molar-refractivity contribution in [1.29, 1.82) is 0 Å². The molecule has 0 aromatic carbocycles. The normalized spacial score (nSPS) is 11.4. The monoisotopic (exact) mass is 293 g/mol. The van der Waals surface area contributed by atoms with Crippen LogP contribution < -0.4 is 4.72 Å². The molecule has 0 unspecified atom stereocenters. The second-order valence-electron chi connectivity index (χ2n) is 2.87. The average molecular weight is 294 g/mol. The fourth-order valence-electron chi connectivity index (χ4n) is 0.992. The molecule has 2 aromatic rings. The molecule has 0 amide bonds. The van der Waals surface area contributed by atoms with E-state index in [1.54, 1.807) is 0 Å². The quantitative estimate of drug-likeness (QED) is 0.831. The zero-order valence-electron chi connectivity index (χ0n) is 8.05. The van der Waals surface area contributed by atoms with E-state index < -0.39 is 10.0 Å². The number of hydrogen-bond donors (Lipinski definition) is 2. The summed E-state index contributed by atoms with van der Waals surface area (Å²) in [6.45, 7) is 0. The number of rotatable bonds is 3. The van der Waals surface area contributed by atoms with E-state index in [9.17, 15) is 8.42 Å². The van der Waals surface area contributed by atoms with E-state index in [1.165, 1.54) is 6.20 Å². The van der Waals surface area contributed by atoms with Crippen molar-refractivity contribution in [1.82, 2.24) is 20.2 Å². The fourth-order valence-corrected chi connectivity index (χ4v) is 2.25. The van der Waals surface area contributed by atoms with Crippen LogP contribution in [0.25, 0.3) is 0 Å². The third-order valence-corrected chi connectivity index (χ3v) is 3.81. The van der Waals surface area contributed by atoms with Gasteiger partial charge in [0.05, 0.1) is 6.20 Å². The molecule has 2 aromatic heterocycles. The lowest BCUT2D eigenvalue weighted by Crippen LogP contribution is -2.13. The van der Waals surface area contributed by atoms with Crippen LogP contribution in [0.1, 0.15) is 0 Å². The van der Waals surface area contributed by atoms with Gasteiger partial charge in [0.2, 0.25) is 0 Å². The molecule has 0 aliphatic heterocycles. The van der Waals surface area contributed by atoms with Gasteiger partial charge in [0.15, 0.2) is 11.0 Å². The maximum Gasteiger partial charge on any atom is 0.266 e. The van der Waals surface area contributed by atoms with Crippen molar-refractivity contribution in [2.24, 2.45) is 0 Å². The summed E-state index contributed by atoms with van der Waals surface area (Å²) in [4.78, 5) is 7.25. The Morgan fingerprint density at radius 1 is 1.29 bits per heavy atom. The summed E-state index contributed by atoms with van der Waals surface area (Å²) in [5.74, 6) is -0.0899. The van der Waals surface area contributed by atoms with Gasteiger partial charge in [-0.15, -0.1) is 0 Å². The van der Waals surface area contributed by atoms with Crippen LogP contribution in [-0.2, 0) is 10.0 Å². The second-order valence-corrected chi connectivity index (χ2v) is 5.28. The zero-order valence-corrected chi connectivity index (χ0v) is 10.4. The summed E-state index contributed by atoms with van der Waals surface area (Å²) >= 11 is 11.4. The predicted molar refractivity (Wildman–Crippen MR) is 61.4 cm³/mol. The molecule has 2 N–H and O–H groups in total. The molecule has 0 saturated heterocycles. The standard InChI is InChI=1S/C7H5Cl2N5O2S/c8-5-6(9)10-3-11-7(5)14-17(15,16)4-1-12-13-2-4/h1-3H,(H,12,13)(H,10,11,14). The Hall–Kier alpha value is -1.38. The highest BCUT2D eigenvalue weighted by atomic mass is 35.5. The molecule has 17 heavy (non-hydrogen) atoms. The van der Waals surface area contributed by atoms with Crippen LogP contribution in [0.4, 0.5) is 5.82 Å². The van der Waals surface area contributed by atoms with Gasteiger partial charge in [-0.1, -0.05) is 23.2 Å². The summed E-state index contributed by atoms with van der Waals surface area (Å²) in [7, 11) is -3.79. The molecule has 90 valence electrons. The first-order chi connectivity index (χ1) is 8.00. The Balaban J connectivity index is 2.37. The van der Waals surface area contributed by atoms with E-state index in [1.807, 2.05) is 0 Å². The SMILES string of the molecule is O=S(=O)(Nc1ncnc(Cl)c1Cl)c1cn[nH]c1. The summed E-state index contributed by atoms with van der Waals surface area (Å²) in [5, 5.41) is 5.82. The molecule has 0 radical (unpaired) electrons. The Morgan fingerprint density at radius 2 is 2.06 bits per heavy atom. The molecule has 0 aliphatic rings. The van der Waals surface area contributed by atoms with Gasteiger partial charge in [-0.3, -0.25) is 9.82 Å². The minimum atomic E-state index is -3.79. The number of aromatic nitrogens is 4. The van der Waals surface area contributed by atoms with E-state index in [-0.39, 0.29) is 20.9 Å². The summed E-state index contributed by atoms with van der Waals surface area (Å²) in [6, 6.07) is 0. The van der Waals surface area contributed by atoms with Crippen molar-refractivity contribution in [2.45, 2.75) is 4.90 Å². The lowest BCUT2D eigenvalue weighted by Gasteiger charge is -2.06. The van der Waals surface area contributed by atoms with Crippen molar-refractivity contribution >= 4 is 39.0 Å². The molecular formula is C7H5Cl2N5O2S. The first-order valence-corrected chi connectivity index (χ1v) is 6.42. The second kappa shape index (κ2) is 4.47. The van der Waals surface area contributed by atoms with Gasteiger partial charge < -0.3 is 0 Å². The summed E-state index contributed by atoms with van der Waals surface area (Å²) in [6.07, 6.45) is 3.47. The highest BCUT2D eigenvalue weighted by Crippen LogP contribution is 2.26. The Morgan fingerprint density at radius 3 is 2.71 bits per heavy atom. The minimum Gasteiger partial charge on any atom is -0.284 e. The predicted octanol–water partition coefficient (Wildman–Crippen LogP) is 1.31. The van der Waals surface area contributed by atoms with Crippen LogP contribution in [0.5, 0.6) is 0 Å². The highest BCUT2D eigenvalue weighted by Gasteiger charge is 2.18. The fraction of sp³-hybridized carbons (Fsp3) is 0. The van der Waals surface area contributed by atoms with E-state index in [2.05, 4.69) is 24.9 Å². The number of nitrogens with one attached hydrogen (secondary N) is 2. The number of aromatic amines is 1. The molecule has 0 fully saturated rings. The molecule has 2 rings (SSSR count). The number of anilines is 1. The average Bonchev–Trinajstić information content (AvgIpc) is 2.78. The van der Waals surface area contributed by atoms with Gasteiger partial charge in [-0.25, -0.2) is 18.4 Å². The lowest BCUT2D eigenvalue weighted by molar-refractivity contribution is 0.601. The Kier molecular flexibility index (Phi) is 3.18. The van der Waals surface area contributed by atoms with E-state index in [0.717, 1.165) is 12.5 Å². The highest BCUT2D eigenvalue weighted by molar-refractivity contribution is 7.92. The van der Waals surface area contributed by atoms with Gasteiger partial charge in [-0.05, 0) is 0 Å². The molecule has 0 atom stereocenters. The summed E-state index contributed by atoms with van der Waals surface area (Å²) < 4.78 is 25.8. The van der Waals surface area contributed by atoms with Gasteiger partial charge in [0.1, 0.15) is 16.2 Å². The minimum absolute atomic E-state index is 0.0356. The van der Waals surface area contributed by atoms with E-state index >= 15 is 0 Å². The molecular weight excluding hydrogens is 289 g/mol. The van der Waals surface area contributed by atoms with Crippen LogP contribution in [-0.4, -0.2) is 28.6 Å². The Labute approximate surface area is 106 Å². The zero-order chi connectivity index (χ0) is 12.5. The molecule has 0 saturated carbocycles. The molecule has 0 bridgehead atoms.